The average Bonchev–Trinajstić information content (AvgIpc) is 2.19. The van der Waals surface area contributed by atoms with Crippen LogP contribution in [0.25, 0.3) is 0 Å². The second-order valence-corrected chi connectivity index (χ2v) is 2.79. The molecule has 2 heteroatoms. The van der Waals surface area contributed by atoms with E-state index in [4.69, 9.17) is 4.74 Å². The van der Waals surface area contributed by atoms with Gasteiger partial charge in [0.15, 0.2) is 5.75 Å². The van der Waals surface area contributed by atoms with Gasteiger partial charge in [-0.2, -0.15) is 0 Å². The van der Waals surface area contributed by atoms with Gasteiger partial charge in [-0.3, -0.25) is 5.11 Å². The van der Waals surface area contributed by atoms with Crippen molar-refractivity contribution >= 4 is 0 Å². The third-order valence-electron chi connectivity index (χ3n) is 1.71. The first-order valence-electron chi connectivity index (χ1n) is 4.27. The molecule has 2 radical (unpaired) electrons. The Morgan fingerprint density at radius 3 is 2.43 bits per heavy atom. The summed E-state index contributed by atoms with van der Waals surface area (Å²) in [4.78, 5) is 0. The van der Waals surface area contributed by atoms with E-state index in [0.29, 0.717) is 11.5 Å². The highest BCUT2D eigenvalue weighted by Crippen LogP contribution is 2.23. The predicted octanol–water partition coefficient (Wildman–Crippen LogP) is 3.42. The molecule has 0 bridgehead atoms. The van der Waals surface area contributed by atoms with Crippen LogP contribution in [0.3, 0.4) is 0 Å². The summed E-state index contributed by atoms with van der Waals surface area (Å²) >= 11 is 0. The molecule has 0 aromatic heterocycles. The molecular formula is C12H8O2. The van der Waals surface area contributed by atoms with Crippen LogP contribution in [-0.2, 0) is 5.11 Å². The topological polar surface area (TPSA) is 29.1 Å². The van der Waals surface area contributed by atoms with Crippen LogP contribution < -0.4 is 4.74 Å². The van der Waals surface area contributed by atoms with Gasteiger partial charge < -0.3 is 4.74 Å². The molecule has 2 rings (SSSR count). The fourth-order valence-electron chi connectivity index (χ4n) is 1.10. The Labute approximate surface area is 82.4 Å². The SMILES string of the molecule is [O]c1[c]c(Oc2ccccc2)ccc1. The van der Waals surface area contributed by atoms with Gasteiger partial charge >= 0.3 is 0 Å². The van der Waals surface area contributed by atoms with Gasteiger partial charge in [-0.25, -0.2) is 0 Å². The van der Waals surface area contributed by atoms with Crippen molar-refractivity contribution in [1.29, 1.82) is 0 Å². The van der Waals surface area contributed by atoms with Crippen molar-refractivity contribution < 1.29 is 9.84 Å². The summed E-state index contributed by atoms with van der Waals surface area (Å²) < 4.78 is 5.40. The number of para-hydroxylation sites is 1. The van der Waals surface area contributed by atoms with Crippen LogP contribution in [0.5, 0.6) is 17.2 Å². The van der Waals surface area contributed by atoms with Crippen molar-refractivity contribution in [1.82, 2.24) is 0 Å². The molecular weight excluding hydrogens is 176 g/mol. The van der Waals surface area contributed by atoms with E-state index >= 15 is 0 Å². The molecule has 0 spiro atoms. The van der Waals surface area contributed by atoms with E-state index in [1.165, 1.54) is 6.07 Å². The van der Waals surface area contributed by atoms with Gasteiger partial charge in [0.25, 0.3) is 0 Å². The second kappa shape index (κ2) is 3.83. The molecule has 0 saturated carbocycles. The highest BCUT2D eigenvalue weighted by molar-refractivity contribution is 5.34. The van der Waals surface area contributed by atoms with Crippen LogP contribution in [0.1, 0.15) is 0 Å². The molecule has 2 aromatic carbocycles. The first-order chi connectivity index (χ1) is 6.84. The molecule has 2 aromatic rings. The Hall–Kier alpha value is -1.96. The molecule has 0 atom stereocenters. The van der Waals surface area contributed by atoms with E-state index in [0.717, 1.165) is 0 Å². The first kappa shape index (κ1) is 8.63. The van der Waals surface area contributed by atoms with Crippen molar-refractivity contribution in [3.05, 3.63) is 54.6 Å². The molecule has 2 nitrogen and oxygen atoms in total. The number of hydrogen-bond acceptors (Lipinski definition) is 1. The molecule has 0 aliphatic rings. The van der Waals surface area contributed by atoms with Gasteiger partial charge in [-0.05, 0) is 24.3 Å². The zero-order valence-electron chi connectivity index (χ0n) is 7.44. The lowest BCUT2D eigenvalue weighted by Gasteiger charge is -2.03. The minimum absolute atomic E-state index is 0.168. The fraction of sp³-hybridized carbons (Fsp3) is 0. The van der Waals surface area contributed by atoms with E-state index in [1.807, 2.05) is 30.3 Å². The maximum atomic E-state index is 10.9. The molecule has 0 amide bonds. The standard InChI is InChI=1S/C12H8O2/c13-10-5-4-8-12(9-10)14-11-6-2-1-3-7-11/h1-8H. The van der Waals surface area contributed by atoms with Gasteiger partial charge in [-0.15, -0.1) is 0 Å². The molecule has 0 unspecified atom stereocenters. The average molecular weight is 184 g/mol. The number of hydrogen-bond donors (Lipinski definition) is 0. The summed E-state index contributed by atoms with van der Waals surface area (Å²) in [7, 11) is 0. The number of benzene rings is 2. The predicted molar refractivity (Wildman–Crippen MR) is 51.9 cm³/mol. The largest absolute Gasteiger partial charge is 0.457 e. The lowest BCUT2D eigenvalue weighted by atomic mass is 10.3. The minimum atomic E-state index is -0.168. The van der Waals surface area contributed by atoms with Crippen molar-refractivity contribution in [3.63, 3.8) is 0 Å². The van der Waals surface area contributed by atoms with E-state index in [2.05, 4.69) is 6.07 Å². The highest BCUT2D eigenvalue weighted by atomic mass is 16.5. The maximum Gasteiger partial charge on any atom is 0.190 e. The Morgan fingerprint density at radius 2 is 1.71 bits per heavy atom. The first-order valence-corrected chi connectivity index (χ1v) is 4.27. The Bertz CT molecular complexity index is 410. The lowest BCUT2D eigenvalue weighted by molar-refractivity contribution is 0.350. The summed E-state index contributed by atoms with van der Waals surface area (Å²) in [5.74, 6) is 0.983. The van der Waals surface area contributed by atoms with Crippen molar-refractivity contribution in [2.45, 2.75) is 0 Å². The fourth-order valence-corrected chi connectivity index (χ4v) is 1.10. The molecule has 0 saturated heterocycles. The molecule has 0 fully saturated rings. The normalized spacial score (nSPS) is 9.71. The lowest BCUT2D eigenvalue weighted by Crippen LogP contribution is -1.82. The zero-order valence-corrected chi connectivity index (χ0v) is 7.44. The maximum absolute atomic E-state index is 10.9. The summed E-state index contributed by atoms with van der Waals surface area (Å²) in [6.07, 6.45) is 0. The van der Waals surface area contributed by atoms with Crippen LogP contribution >= 0.6 is 0 Å². The van der Waals surface area contributed by atoms with Gasteiger partial charge in [0.1, 0.15) is 11.5 Å². The summed E-state index contributed by atoms with van der Waals surface area (Å²) in [5.41, 5.74) is 0. The third-order valence-corrected chi connectivity index (χ3v) is 1.71. The van der Waals surface area contributed by atoms with Crippen molar-refractivity contribution in [3.8, 4) is 17.2 Å². The third kappa shape index (κ3) is 2.04. The monoisotopic (exact) mass is 184 g/mol. The minimum Gasteiger partial charge on any atom is -0.457 e. The van der Waals surface area contributed by atoms with E-state index in [1.54, 1.807) is 12.1 Å². The Kier molecular flexibility index (Phi) is 2.36. The van der Waals surface area contributed by atoms with Crippen LogP contribution in [0, 0.1) is 6.07 Å². The molecule has 0 heterocycles. The molecule has 14 heavy (non-hydrogen) atoms. The molecule has 0 aliphatic heterocycles. The highest BCUT2D eigenvalue weighted by Gasteiger charge is 1.98. The summed E-state index contributed by atoms with van der Waals surface area (Å²) in [6.45, 7) is 0. The van der Waals surface area contributed by atoms with Crippen molar-refractivity contribution in [2.75, 3.05) is 0 Å². The number of ether oxygens (including phenoxy) is 1. The number of rotatable bonds is 2. The van der Waals surface area contributed by atoms with Crippen LogP contribution in [0.4, 0.5) is 0 Å². The zero-order chi connectivity index (χ0) is 9.80. The van der Waals surface area contributed by atoms with Crippen molar-refractivity contribution in [2.24, 2.45) is 0 Å². The van der Waals surface area contributed by atoms with Crippen LogP contribution in [0.15, 0.2) is 48.5 Å². The quantitative estimate of drug-likeness (QED) is 0.703. The van der Waals surface area contributed by atoms with E-state index < -0.39 is 0 Å². The van der Waals surface area contributed by atoms with Gasteiger partial charge in [0.05, 0.1) is 6.07 Å². The molecule has 68 valence electrons. The van der Waals surface area contributed by atoms with E-state index in [9.17, 15) is 5.11 Å². The van der Waals surface area contributed by atoms with Gasteiger partial charge in [0, 0.05) is 0 Å². The van der Waals surface area contributed by atoms with Gasteiger partial charge in [0.2, 0.25) is 0 Å². The van der Waals surface area contributed by atoms with Crippen LogP contribution in [-0.4, -0.2) is 0 Å². The Balaban J connectivity index is 2.19. The summed E-state index contributed by atoms with van der Waals surface area (Å²) in [6, 6.07) is 16.7. The Morgan fingerprint density at radius 1 is 0.929 bits per heavy atom. The van der Waals surface area contributed by atoms with Crippen LogP contribution in [0.2, 0.25) is 0 Å². The van der Waals surface area contributed by atoms with E-state index in [-0.39, 0.29) is 5.75 Å². The molecule has 0 N–H and O–H groups in total. The second-order valence-electron chi connectivity index (χ2n) is 2.79. The van der Waals surface area contributed by atoms with Gasteiger partial charge in [-0.1, -0.05) is 24.3 Å². The summed E-state index contributed by atoms with van der Waals surface area (Å²) in [5, 5.41) is 10.9. The smallest absolute Gasteiger partial charge is 0.190 e. The molecule has 0 aliphatic carbocycles.